The van der Waals surface area contributed by atoms with E-state index in [1.807, 2.05) is 13.8 Å². The van der Waals surface area contributed by atoms with Crippen molar-refractivity contribution in [1.29, 1.82) is 0 Å². The first-order valence-electron chi connectivity index (χ1n) is 6.50. The number of alkyl halides is 3. The Morgan fingerprint density at radius 3 is 2.30 bits per heavy atom. The summed E-state index contributed by atoms with van der Waals surface area (Å²) in [6, 6.07) is 2.34. The molecule has 4 nitrogen and oxygen atoms in total. The molecule has 0 fully saturated rings. The molecule has 0 amide bonds. The van der Waals surface area contributed by atoms with Crippen LogP contribution in [0.1, 0.15) is 38.1 Å². The molecule has 2 rings (SSSR count). The Morgan fingerprint density at radius 2 is 1.80 bits per heavy atom. The van der Waals surface area contributed by atoms with Crippen LogP contribution >= 0.6 is 0 Å². The van der Waals surface area contributed by atoms with Gasteiger partial charge in [0, 0.05) is 18.2 Å². The fourth-order valence-corrected chi connectivity index (χ4v) is 2.37. The molecule has 0 radical (unpaired) electrons. The largest absolute Gasteiger partial charge is 0.417 e. The molecule has 2 aromatic heterocycles. The van der Waals surface area contributed by atoms with E-state index in [0.29, 0.717) is 30.9 Å². The van der Waals surface area contributed by atoms with Crippen LogP contribution in [0.15, 0.2) is 18.3 Å². The van der Waals surface area contributed by atoms with E-state index in [2.05, 4.69) is 10.2 Å². The van der Waals surface area contributed by atoms with Gasteiger partial charge in [-0.2, -0.15) is 13.2 Å². The van der Waals surface area contributed by atoms with Gasteiger partial charge in [0.05, 0.1) is 5.56 Å². The van der Waals surface area contributed by atoms with Gasteiger partial charge < -0.3 is 5.73 Å². The van der Waals surface area contributed by atoms with Crippen LogP contribution in [0.2, 0.25) is 0 Å². The lowest BCUT2D eigenvalue weighted by molar-refractivity contribution is -0.137. The van der Waals surface area contributed by atoms with Crippen molar-refractivity contribution in [1.82, 2.24) is 14.6 Å². The molecular weight excluding hydrogens is 269 g/mol. The summed E-state index contributed by atoms with van der Waals surface area (Å²) in [6.45, 7) is 4.22. The zero-order valence-corrected chi connectivity index (χ0v) is 11.4. The van der Waals surface area contributed by atoms with Gasteiger partial charge in [-0.25, -0.2) is 0 Å². The summed E-state index contributed by atoms with van der Waals surface area (Å²) in [5, 5.41) is 8.01. The summed E-state index contributed by atoms with van der Waals surface area (Å²) in [7, 11) is 0. The van der Waals surface area contributed by atoms with Gasteiger partial charge in [0.1, 0.15) is 5.82 Å². The fraction of sp³-hybridized carbons (Fsp3) is 0.538. The maximum atomic E-state index is 12.8. The van der Waals surface area contributed by atoms with Crippen LogP contribution in [0, 0.1) is 0 Å². The van der Waals surface area contributed by atoms with Crippen LogP contribution in [-0.2, 0) is 11.6 Å². The van der Waals surface area contributed by atoms with E-state index in [1.54, 1.807) is 0 Å². The van der Waals surface area contributed by atoms with Crippen molar-refractivity contribution in [3.8, 4) is 0 Å². The van der Waals surface area contributed by atoms with E-state index < -0.39 is 17.2 Å². The molecule has 110 valence electrons. The van der Waals surface area contributed by atoms with Gasteiger partial charge in [0.25, 0.3) is 0 Å². The number of nitrogens with zero attached hydrogens (tertiary/aromatic N) is 3. The number of fused-ring (bicyclic) bond motifs is 1. The second kappa shape index (κ2) is 5.05. The Morgan fingerprint density at radius 1 is 1.15 bits per heavy atom. The van der Waals surface area contributed by atoms with Gasteiger partial charge in [-0.05, 0) is 25.0 Å². The smallest absolute Gasteiger partial charge is 0.329 e. The van der Waals surface area contributed by atoms with E-state index in [9.17, 15) is 13.2 Å². The van der Waals surface area contributed by atoms with Crippen LogP contribution in [0.4, 0.5) is 13.2 Å². The quantitative estimate of drug-likeness (QED) is 0.940. The highest BCUT2D eigenvalue weighted by Crippen LogP contribution is 2.32. The summed E-state index contributed by atoms with van der Waals surface area (Å²) >= 11 is 0. The van der Waals surface area contributed by atoms with E-state index >= 15 is 0 Å². The van der Waals surface area contributed by atoms with Gasteiger partial charge in [0.15, 0.2) is 5.65 Å². The van der Waals surface area contributed by atoms with Crippen LogP contribution in [0.5, 0.6) is 0 Å². The number of hydrogen-bond donors (Lipinski definition) is 1. The van der Waals surface area contributed by atoms with Gasteiger partial charge in [-0.1, -0.05) is 13.8 Å². The first-order valence-corrected chi connectivity index (χ1v) is 6.50. The van der Waals surface area contributed by atoms with Crippen LogP contribution in [-0.4, -0.2) is 21.1 Å². The van der Waals surface area contributed by atoms with Crippen molar-refractivity contribution in [3.05, 3.63) is 29.7 Å². The lowest BCUT2D eigenvalue weighted by Crippen LogP contribution is -2.36. The Bertz CT molecular complexity index is 591. The summed E-state index contributed by atoms with van der Waals surface area (Å²) in [6.07, 6.45) is -1.96. The summed E-state index contributed by atoms with van der Waals surface area (Å²) in [5.74, 6) is 0.492. The van der Waals surface area contributed by atoms with Crippen molar-refractivity contribution in [2.45, 2.75) is 38.3 Å². The number of pyridine rings is 1. The van der Waals surface area contributed by atoms with Gasteiger partial charge in [-0.3, -0.25) is 4.40 Å². The fourth-order valence-electron chi connectivity index (χ4n) is 2.37. The molecule has 0 aliphatic carbocycles. The van der Waals surface area contributed by atoms with Crippen molar-refractivity contribution in [2.24, 2.45) is 5.73 Å². The Balaban J connectivity index is 2.66. The van der Waals surface area contributed by atoms with E-state index in [-0.39, 0.29) is 0 Å². The molecule has 2 N–H and O–H groups in total. The molecule has 0 bridgehead atoms. The number of hydrogen-bond acceptors (Lipinski definition) is 3. The van der Waals surface area contributed by atoms with Gasteiger partial charge in [0.2, 0.25) is 0 Å². The van der Waals surface area contributed by atoms with Crippen molar-refractivity contribution < 1.29 is 13.2 Å². The summed E-state index contributed by atoms with van der Waals surface area (Å²) in [4.78, 5) is 0. The number of nitrogens with two attached hydrogens (primary N) is 1. The average Bonchev–Trinajstić information content (AvgIpc) is 2.84. The Kier molecular flexibility index (Phi) is 3.73. The molecule has 0 unspecified atom stereocenters. The van der Waals surface area contributed by atoms with E-state index in [1.165, 1.54) is 10.5 Å². The normalized spacial score (nSPS) is 13.1. The molecular formula is C13H17F3N4. The molecule has 2 aromatic rings. The number of aromatic nitrogens is 3. The van der Waals surface area contributed by atoms with Crippen molar-refractivity contribution >= 4 is 5.65 Å². The zero-order chi connectivity index (χ0) is 15.0. The molecule has 0 aromatic carbocycles. The van der Waals surface area contributed by atoms with E-state index in [4.69, 9.17) is 5.73 Å². The molecule has 2 heterocycles. The first kappa shape index (κ1) is 14.8. The van der Waals surface area contributed by atoms with Gasteiger partial charge >= 0.3 is 6.18 Å². The lowest BCUT2D eigenvalue weighted by atomic mass is 9.81. The van der Waals surface area contributed by atoms with E-state index in [0.717, 1.165) is 12.3 Å². The highest BCUT2D eigenvalue weighted by atomic mass is 19.4. The predicted molar refractivity (Wildman–Crippen MR) is 69.3 cm³/mol. The molecule has 0 aliphatic heterocycles. The summed E-state index contributed by atoms with van der Waals surface area (Å²) < 4.78 is 39.9. The molecule has 0 atom stereocenters. The molecule has 7 heteroatoms. The van der Waals surface area contributed by atoms with Crippen LogP contribution in [0.3, 0.4) is 0 Å². The first-order chi connectivity index (χ1) is 9.38. The molecule has 0 aliphatic rings. The van der Waals surface area contributed by atoms with Crippen molar-refractivity contribution in [2.75, 3.05) is 6.54 Å². The predicted octanol–water partition coefficient (Wildman–Crippen LogP) is 2.76. The summed E-state index contributed by atoms with van der Waals surface area (Å²) in [5.41, 5.74) is 5.05. The highest BCUT2D eigenvalue weighted by Gasteiger charge is 2.34. The maximum absolute atomic E-state index is 12.8. The topological polar surface area (TPSA) is 56.2 Å². The van der Waals surface area contributed by atoms with Gasteiger partial charge in [-0.15, -0.1) is 10.2 Å². The van der Waals surface area contributed by atoms with Crippen molar-refractivity contribution in [3.63, 3.8) is 0 Å². The number of rotatable bonds is 4. The molecule has 20 heavy (non-hydrogen) atoms. The minimum Gasteiger partial charge on any atom is -0.329 e. The lowest BCUT2D eigenvalue weighted by Gasteiger charge is -2.28. The van der Waals surface area contributed by atoms with Crippen LogP contribution in [0.25, 0.3) is 5.65 Å². The standard InChI is InChI=1S/C13H17F3N4/c1-3-12(4-2,8-17)11-19-18-10-6-5-9(7-20(10)11)13(14,15)16/h5-7H,3-4,8,17H2,1-2H3. The zero-order valence-electron chi connectivity index (χ0n) is 11.4. The third-order valence-electron chi connectivity index (χ3n) is 3.95. The second-order valence-corrected chi connectivity index (χ2v) is 4.86. The number of halogens is 3. The monoisotopic (exact) mass is 286 g/mol. The third kappa shape index (κ3) is 2.26. The Hall–Kier alpha value is -1.63. The minimum atomic E-state index is -4.39. The molecule has 0 spiro atoms. The maximum Gasteiger partial charge on any atom is 0.417 e. The van der Waals surface area contributed by atoms with Crippen LogP contribution < -0.4 is 5.73 Å². The molecule has 0 saturated carbocycles. The highest BCUT2D eigenvalue weighted by molar-refractivity contribution is 5.41. The average molecular weight is 286 g/mol. The molecule has 0 saturated heterocycles. The SMILES string of the molecule is CCC(CC)(CN)c1nnc2ccc(C(F)(F)F)cn12. The second-order valence-electron chi connectivity index (χ2n) is 4.86. The third-order valence-corrected chi connectivity index (χ3v) is 3.95. The Labute approximate surface area is 114 Å². The minimum absolute atomic E-state index is 0.317.